The second-order valence-corrected chi connectivity index (χ2v) is 4.48. The summed E-state index contributed by atoms with van der Waals surface area (Å²) in [5.41, 5.74) is 0. The highest BCUT2D eigenvalue weighted by molar-refractivity contribution is 4.83. The third-order valence-corrected chi connectivity index (χ3v) is 2.68. The van der Waals surface area contributed by atoms with Gasteiger partial charge in [-0.25, -0.2) is 0 Å². The predicted molar refractivity (Wildman–Crippen MR) is 69.7 cm³/mol. The van der Waals surface area contributed by atoms with E-state index in [1.165, 1.54) is 0 Å². The van der Waals surface area contributed by atoms with Crippen molar-refractivity contribution < 1.29 is 23.7 Å². The average molecular weight is 270 g/mol. The van der Waals surface area contributed by atoms with E-state index in [-0.39, 0.29) is 0 Å². The summed E-state index contributed by atoms with van der Waals surface area (Å²) in [4.78, 5) is 0. The van der Waals surface area contributed by atoms with Gasteiger partial charge in [-0.1, -0.05) is 0 Å². The molecule has 2 aliphatic heterocycles. The Labute approximate surface area is 114 Å². The summed E-state index contributed by atoms with van der Waals surface area (Å²) >= 11 is 0. The lowest BCUT2D eigenvalue weighted by Gasteiger charge is -2.03. The van der Waals surface area contributed by atoms with E-state index in [0.29, 0.717) is 38.6 Å². The van der Waals surface area contributed by atoms with E-state index in [9.17, 15) is 0 Å². The van der Waals surface area contributed by atoms with Crippen LogP contribution in [0.2, 0.25) is 0 Å². The molecular weight excluding hydrogens is 248 g/mol. The fourth-order valence-corrected chi connectivity index (χ4v) is 1.41. The molecule has 5 heteroatoms. The van der Waals surface area contributed by atoms with Gasteiger partial charge in [0.25, 0.3) is 0 Å². The highest BCUT2D eigenvalue weighted by Gasteiger charge is 2.20. The summed E-state index contributed by atoms with van der Waals surface area (Å²) in [6.45, 7) is 4.05. The van der Waals surface area contributed by atoms with Gasteiger partial charge in [-0.05, 0) is 25.0 Å². The van der Waals surface area contributed by atoms with Crippen molar-refractivity contribution in [2.45, 2.75) is 25.0 Å². The molecule has 0 N–H and O–H groups in total. The topological polar surface area (TPSA) is 52.8 Å². The van der Waals surface area contributed by atoms with Crippen molar-refractivity contribution in [1.82, 2.24) is 0 Å². The van der Waals surface area contributed by atoms with Crippen LogP contribution in [-0.4, -0.2) is 51.8 Å². The third-order valence-electron chi connectivity index (χ3n) is 2.68. The number of ether oxygens (including phenoxy) is 5. The molecular formula is C14H22O5. The Morgan fingerprint density at radius 2 is 1.26 bits per heavy atom. The Morgan fingerprint density at radius 1 is 0.789 bits per heavy atom. The highest BCUT2D eigenvalue weighted by Crippen LogP contribution is 2.13. The number of hydrogen-bond acceptors (Lipinski definition) is 5. The van der Waals surface area contributed by atoms with E-state index >= 15 is 0 Å². The first kappa shape index (κ1) is 14.4. The molecule has 2 saturated heterocycles. The Hall–Kier alpha value is -1.04. The van der Waals surface area contributed by atoms with Gasteiger partial charge in [0.2, 0.25) is 0 Å². The molecule has 0 bridgehead atoms. The zero-order valence-electron chi connectivity index (χ0n) is 11.2. The van der Waals surface area contributed by atoms with Gasteiger partial charge in [0.1, 0.15) is 13.2 Å². The second kappa shape index (κ2) is 8.96. The average Bonchev–Trinajstić information content (AvgIpc) is 3.28. The van der Waals surface area contributed by atoms with E-state index in [1.54, 1.807) is 12.5 Å². The molecule has 2 fully saturated rings. The standard InChI is InChI=1S/C14H22O5/c1(3-13-11-18-13)5-15-7-9-17-10-8-16-6-2-4-14-12-19-14/h1-2,5-6,13-14H,3-4,7-12H2. The minimum Gasteiger partial charge on any atom is -0.499 e. The predicted octanol–water partition coefficient (Wildman–Crippen LogP) is 1.64. The second-order valence-electron chi connectivity index (χ2n) is 4.48. The molecule has 0 aliphatic carbocycles. The molecule has 2 heterocycles. The van der Waals surface area contributed by atoms with E-state index in [1.807, 2.05) is 12.2 Å². The maximum atomic E-state index is 5.35. The van der Waals surface area contributed by atoms with Crippen LogP contribution in [0.5, 0.6) is 0 Å². The van der Waals surface area contributed by atoms with E-state index < -0.39 is 0 Å². The molecule has 2 atom stereocenters. The summed E-state index contributed by atoms with van der Waals surface area (Å²) in [6.07, 6.45) is 10.1. The maximum absolute atomic E-state index is 5.35. The molecule has 0 saturated carbocycles. The minimum atomic E-state index is 0.424. The Balaban J connectivity index is 1.26. The molecule has 108 valence electrons. The van der Waals surface area contributed by atoms with Crippen molar-refractivity contribution in [3.05, 3.63) is 24.7 Å². The van der Waals surface area contributed by atoms with Crippen LogP contribution < -0.4 is 0 Å². The largest absolute Gasteiger partial charge is 0.499 e. The highest BCUT2D eigenvalue weighted by atomic mass is 16.6. The fraction of sp³-hybridized carbons (Fsp3) is 0.714. The normalized spacial score (nSPS) is 25.1. The molecule has 2 unspecified atom stereocenters. The van der Waals surface area contributed by atoms with E-state index in [2.05, 4.69) is 0 Å². The summed E-state index contributed by atoms with van der Waals surface area (Å²) in [5, 5.41) is 0. The number of rotatable bonds is 12. The SMILES string of the molecule is C(=COCCOCCOC=CCC1CO1)CC1CO1. The lowest BCUT2D eigenvalue weighted by molar-refractivity contribution is 0.0554. The maximum Gasteiger partial charge on any atom is 0.111 e. The van der Waals surface area contributed by atoms with Crippen molar-refractivity contribution >= 4 is 0 Å². The number of epoxide rings is 2. The molecule has 0 radical (unpaired) electrons. The van der Waals surface area contributed by atoms with E-state index in [0.717, 1.165) is 26.1 Å². The van der Waals surface area contributed by atoms with Crippen molar-refractivity contribution in [3.63, 3.8) is 0 Å². The molecule has 19 heavy (non-hydrogen) atoms. The van der Waals surface area contributed by atoms with Crippen LogP contribution in [0.15, 0.2) is 24.7 Å². The Morgan fingerprint density at radius 3 is 1.68 bits per heavy atom. The minimum absolute atomic E-state index is 0.424. The van der Waals surface area contributed by atoms with Gasteiger partial charge in [-0.2, -0.15) is 0 Å². The molecule has 5 nitrogen and oxygen atoms in total. The Kier molecular flexibility index (Phi) is 6.78. The first-order valence-corrected chi connectivity index (χ1v) is 6.79. The van der Waals surface area contributed by atoms with Crippen molar-refractivity contribution in [1.29, 1.82) is 0 Å². The first-order chi connectivity index (χ1) is 9.45. The van der Waals surface area contributed by atoms with Gasteiger partial charge < -0.3 is 23.7 Å². The quantitative estimate of drug-likeness (QED) is 0.306. The van der Waals surface area contributed by atoms with Crippen molar-refractivity contribution in [2.24, 2.45) is 0 Å². The van der Waals surface area contributed by atoms with Crippen LogP contribution in [0.1, 0.15) is 12.8 Å². The zero-order chi connectivity index (χ0) is 13.2. The smallest absolute Gasteiger partial charge is 0.111 e. The van der Waals surface area contributed by atoms with Gasteiger partial charge in [-0.3, -0.25) is 0 Å². The summed E-state index contributed by atoms with van der Waals surface area (Å²) in [5.74, 6) is 0. The van der Waals surface area contributed by atoms with Crippen LogP contribution in [0, 0.1) is 0 Å². The third kappa shape index (κ3) is 8.64. The molecule has 0 aromatic carbocycles. The van der Waals surface area contributed by atoms with Crippen LogP contribution in [0.3, 0.4) is 0 Å². The lowest BCUT2D eigenvalue weighted by Crippen LogP contribution is -2.06. The Bertz CT molecular complexity index is 254. The molecule has 0 aromatic rings. The van der Waals surface area contributed by atoms with Crippen LogP contribution >= 0.6 is 0 Å². The van der Waals surface area contributed by atoms with E-state index in [4.69, 9.17) is 23.7 Å². The number of hydrogen-bond donors (Lipinski definition) is 0. The van der Waals surface area contributed by atoms with Crippen molar-refractivity contribution in [3.8, 4) is 0 Å². The summed E-state index contributed by atoms with van der Waals surface area (Å²) in [6, 6.07) is 0. The first-order valence-electron chi connectivity index (χ1n) is 6.79. The van der Waals surface area contributed by atoms with Gasteiger partial charge in [0, 0.05) is 0 Å². The van der Waals surface area contributed by atoms with Crippen molar-refractivity contribution in [2.75, 3.05) is 39.6 Å². The van der Waals surface area contributed by atoms with Gasteiger partial charge in [-0.15, -0.1) is 0 Å². The lowest BCUT2D eigenvalue weighted by atomic mass is 10.3. The monoisotopic (exact) mass is 270 g/mol. The molecule has 0 spiro atoms. The molecule has 0 aromatic heterocycles. The summed E-state index contributed by atoms with van der Waals surface area (Å²) < 4.78 is 26.0. The fourth-order valence-electron chi connectivity index (χ4n) is 1.41. The summed E-state index contributed by atoms with van der Waals surface area (Å²) in [7, 11) is 0. The zero-order valence-corrected chi connectivity index (χ0v) is 11.2. The van der Waals surface area contributed by atoms with Gasteiger partial charge in [0.05, 0.1) is 51.2 Å². The van der Waals surface area contributed by atoms with Gasteiger partial charge >= 0.3 is 0 Å². The molecule has 2 aliphatic rings. The van der Waals surface area contributed by atoms with Gasteiger partial charge in [0.15, 0.2) is 0 Å². The van der Waals surface area contributed by atoms with Crippen LogP contribution in [-0.2, 0) is 23.7 Å². The molecule has 2 rings (SSSR count). The van der Waals surface area contributed by atoms with Crippen LogP contribution in [0.25, 0.3) is 0 Å². The molecule has 0 amide bonds. The van der Waals surface area contributed by atoms with Crippen LogP contribution in [0.4, 0.5) is 0 Å².